The highest BCUT2D eigenvalue weighted by atomic mass is 79.9. The standard InChI is InChI=1S/C15H13BrFN/c16-10-12-5-3-6-13(17)15(12)18-9-8-11-4-1-2-7-14(11)18/h1-7H,8-10H2. The highest BCUT2D eigenvalue weighted by Gasteiger charge is 2.23. The molecule has 0 aliphatic carbocycles. The fourth-order valence-corrected chi connectivity index (χ4v) is 2.99. The van der Waals surface area contributed by atoms with E-state index < -0.39 is 0 Å². The molecule has 2 aromatic rings. The van der Waals surface area contributed by atoms with E-state index in [1.54, 1.807) is 6.07 Å². The third-order valence-corrected chi connectivity index (χ3v) is 3.98. The molecule has 0 saturated heterocycles. The zero-order valence-corrected chi connectivity index (χ0v) is 11.5. The quantitative estimate of drug-likeness (QED) is 0.743. The number of fused-ring (bicyclic) bond motifs is 1. The molecule has 18 heavy (non-hydrogen) atoms. The lowest BCUT2D eigenvalue weighted by atomic mass is 10.1. The summed E-state index contributed by atoms with van der Waals surface area (Å²) in [7, 11) is 0. The zero-order chi connectivity index (χ0) is 12.5. The Morgan fingerprint density at radius 1 is 1.11 bits per heavy atom. The minimum Gasteiger partial charge on any atom is -0.338 e. The summed E-state index contributed by atoms with van der Waals surface area (Å²) in [5, 5.41) is 0.665. The first-order valence-electron chi connectivity index (χ1n) is 6.00. The molecule has 0 saturated carbocycles. The molecule has 0 bridgehead atoms. The average Bonchev–Trinajstić information content (AvgIpc) is 2.82. The molecule has 0 spiro atoms. The number of para-hydroxylation sites is 2. The maximum Gasteiger partial charge on any atom is 0.147 e. The van der Waals surface area contributed by atoms with Crippen LogP contribution in [0.1, 0.15) is 11.1 Å². The summed E-state index contributed by atoms with van der Waals surface area (Å²) in [5.41, 5.74) is 4.12. The molecule has 1 aliphatic rings. The van der Waals surface area contributed by atoms with E-state index >= 15 is 0 Å². The van der Waals surface area contributed by atoms with Crippen molar-refractivity contribution in [2.45, 2.75) is 11.8 Å². The minimum atomic E-state index is -0.149. The summed E-state index contributed by atoms with van der Waals surface area (Å²) in [6.45, 7) is 0.847. The van der Waals surface area contributed by atoms with Crippen molar-refractivity contribution in [3.63, 3.8) is 0 Å². The lowest BCUT2D eigenvalue weighted by Crippen LogP contribution is -2.16. The average molecular weight is 306 g/mol. The third kappa shape index (κ3) is 1.83. The van der Waals surface area contributed by atoms with Gasteiger partial charge in [-0.15, -0.1) is 0 Å². The van der Waals surface area contributed by atoms with Crippen molar-refractivity contribution in [2.75, 3.05) is 11.4 Å². The number of benzene rings is 2. The van der Waals surface area contributed by atoms with Crippen LogP contribution in [-0.4, -0.2) is 6.54 Å². The molecule has 0 atom stereocenters. The summed E-state index contributed by atoms with van der Waals surface area (Å²) in [6, 6.07) is 13.5. The predicted octanol–water partition coefficient (Wildman–Crippen LogP) is 4.41. The van der Waals surface area contributed by atoms with Crippen molar-refractivity contribution in [2.24, 2.45) is 0 Å². The molecule has 0 N–H and O–H groups in total. The van der Waals surface area contributed by atoms with Crippen molar-refractivity contribution < 1.29 is 4.39 Å². The van der Waals surface area contributed by atoms with Crippen LogP contribution in [0.3, 0.4) is 0 Å². The van der Waals surface area contributed by atoms with Crippen LogP contribution in [0.15, 0.2) is 42.5 Å². The Bertz CT molecular complexity index is 582. The molecule has 3 heteroatoms. The molecule has 0 radical (unpaired) electrons. The van der Waals surface area contributed by atoms with Crippen LogP contribution in [0.5, 0.6) is 0 Å². The van der Waals surface area contributed by atoms with Crippen molar-refractivity contribution in [1.82, 2.24) is 0 Å². The molecule has 0 amide bonds. The van der Waals surface area contributed by atoms with E-state index in [0.717, 1.165) is 24.2 Å². The molecule has 1 heterocycles. The van der Waals surface area contributed by atoms with Crippen molar-refractivity contribution in [1.29, 1.82) is 0 Å². The van der Waals surface area contributed by atoms with Gasteiger partial charge in [0.2, 0.25) is 0 Å². The number of rotatable bonds is 2. The molecular formula is C15H13BrFN. The van der Waals surface area contributed by atoms with E-state index in [1.165, 1.54) is 11.6 Å². The van der Waals surface area contributed by atoms with Crippen LogP contribution < -0.4 is 4.90 Å². The van der Waals surface area contributed by atoms with Gasteiger partial charge in [-0.05, 0) is 29.7 Å². The molecular weight excluding hydrogens is 293 g/mol. The number of hydrogen-bond acceptors (Lipinski definition) is 1. The largest absolute Gasteiger partial charge is 0.338 e. The normalized spacial score (nSPS) is 13.8. The number of halogens is 2. The lowest BCUT2D eigenvalue weighted by molar-refractivity contribution is 0.624. The summed E-state index contributed by atoms with van der Waals surface area (Å²) in [6.07, 6.45) is 0.978. The van der Waals surface area contributed by atoms with Crippen LogP contribution in [0, 0.1) is 5.82 Å². The predicted molar refractivity (Wildman–Crippen MR) is 76.2 cm³/mol. The van der Waals surface area contributed by atoms with Crippen LogP contribution in [0.2, 0.25) is 0 Å². The Morgan fingerprint density at radius 3 is 2.78 bits per heavy atom. The molecule has 92 valence electrons. The van der Waals surface area contributed by atoms with Gasteiger partial charge in [0, 0.05) is 17.6 Å². The Balaban J connectivity index is 2.13. The van der Waals surface area contributed by atoms with E-state index in [2.05, 4.69) is 33.0 Å². The summed E-state index contributed by atoms with van der Waals surface area (Å²) in [4.78, 5) is 2.08. The molecule has 0 fully saturated rings. The van der Waals surface area contributed by atoms with Crippen LogP contribution in [-0.2, 0) is 11.8 Å². The Kier molecular flexibility index (Phi) is 3.08. The maximum absolute atomic E-state index is 14.1. The fourth-order valence-electron chi connectivity index (χ4n) is 2.54. The Morgan fingerprint density at radius 2 is 1.94 bits per heavy atom. The molecule has 3 rings (SSSR count). The topological polar surface area (TPSA) is 3.24 Å². The Hall–Kier alpha value is -1.35. The first kappa shape index (κ1) is 11.7. The van der Waals surface area contributed by atoms with Gasteiger partial charge in [0.15, 0.2) is 0 Å². The molecule has 0 unspecified atom stereocenters. The lowest BCUT2D eigenvalue weighted by Gasteiger charge is -2.22. The number of alkyl halides is 1. The second-order valence-corrected chi connectivity index (χ2v) is 4.97. The second kappa shape index (κ2) is 4.73. The monoisotopic (exact) mass is 305 g/mol. The van der Waals surface area contributed by atoms with Gasteiger partial charge in [0.05, 0.1) is 5.69 Å². The number of nitrogens with zero attached hydrogens (tertiary/aromatic N) is 1. The van der Waals surface area contributed by atoms with Gasteiger partial charge in [0.1, 0.15) is 5.82 Å². The van der Waals surface area contributed by atoms with Crippen LogP contribution in [0.25, 0.3) is 0 Å². The molecule has 1 nitrogen and oxygen atoms in total. The van der Waals surface area contributed by atoms with E-state index in [0.29, 0.717) is 11.0 Å². The number of anilines is 2. The van der Waals surface area contributed by atoms with E-state index in [-0.39, 0.29) is 5.82 Å². The van der Waals surface area contributed by atoms with Gasteiger partial charge in [-0.25, -0.2) is 4.39 Å². The van der Waals surface area contributed by atoms with Gasteiger partial charge in [0.25, 0.3) is 0 Å². The van der Waals surface area contributed by atoms with Gasteiger partial charge in [-0.1, -0.05) is 46.3 Å². The van der Waals surface area contributed by atoms with Gasteiger partial charge >= 0.3 is 0 Å². The minimum absolute atomic E-state index is 0.149. The maximum atomic E-state index is 14.1. The first-order valence-corrected chi connectivity index (χ1v) is 7.12. The van der Waals surface area contributed by atoms with Gasteiger partial charge in [-0.3, -0.25) is 0 Å². The molecule has 2 aromatic carbocycles. The van der Waals surface area contributed by atoms with E-state index in [9.17, 15) is 4.39 Å². The van der Waals surface area contributed by atoms with Gasteiger partial charge in [-0.2, -0.15) is 0 Å². The summed E-state index contributed by atoms with van der Waals surface area (Å²) in [5.74, 6) is -0.149. The van der Waals surface area contributed by atoms with Crippen molar-refractivity contribution in [3.05, 3.63) is 59.4 Å². The summed E-state index contributed by atoms with van der Waals surface area (Å²) >= 11 is 3.44. The van der Waals surface area contributed by atoms with Gasteiger partial charge < -0.3 is 4.90 Å². The SMILES string of the molecule is Fc1cccc(CBr)c1N1CCc2ccccc21. The third-order valence-electron chi connectivity index (χ3n) is 3.37. The fraction of sp³-hybridized carbons (Fsp3) is 0.200. The van der Waals surface area contributed by atoms with Crippen LogP contribution >= 0.6 is 15.9 Å². The van der Waals surface area contributed by atoms with Crippen molar-refractivity contribution in [3.8, 4) is 0 Å². The van der Waals surface area contributed by atoms with E-state index in [1.807, 2.05) is 18.2 Å². The second-order valence-electron chi connectivity index (χ2n) is 4.41. The smallest absolute Gasteiger partial charge is 0.147 e. The highest BCUT2D eigenvalue weighted by Crippen LogP contribution is 2.38. The van der Waals surface area contributed by atoms with Crippen molar-refractivity contribution >= 4 is 27.3 Å². The first-order chi connectivity index (χ1) is 8.81. The summed E-state index contributed by atoms with van der Waals surface area (Å²) < 4.78 is 14.1. The zero-order valence-electron chi connectivity index (χ0n) is 9.87. The molecule has 0 aromatic heterocycles. The van der Waals surface area contributed by atoms with E-state index in [4.69, 9.17) is 0 Å². The highest BCUT2D eigenvalue weighted by molar-refractivity contribution is 9.08. The Labute approximate surface area is 114 Å². The van der Waals surface area contributed by atoms with Crippen LogP contribution in [0.4, 0.5) is 15.8 Å². The molecule has 1 aliphatic heterocycles. The number of hydrogen-bond donors (Lipinski definition) is 0.